The van der Waals surface area contributed by atoms with Gasteiger partial charge in [0.2, 0.25) is 5.91 Å². The number of nitrogens with zero attached hydrogens (tertiary/aromatic N) is 3. The predicted octanol–water partition coefficient (Wildman–Crippen LogP) is 2.64. The second-order valence-corrected chi connectivity index (χ2v) is 7.06. The summed E-state index contributed by atoms with van der Waals surface area (Å²) in [4.78, 5) is 25.7. The van der Waals surface area contributed by atoms with Gasteiger partial charge in [-0.3, -0.25) is 4.79 Å². The number of anilines is 1. The minimum absolute atomic E-state index is 0.180. The molecule has 0 saturated carbocycles. The molecule has 1 aromatic heterocycles. The van der Waals surface area contributed by atoms with Crippen LogP contribution in [0.1, 0.15) is 27.2 Å². The van der Waals surface area contributed by atoms with Crippen molar-refractivity contribution in [2.24, 2.45) is 0 Å². The lowest BCUT2D eigenvalue weighted by molar-refractivity contribution is -0.118. The van der Waals surface area contributed by atoms with Crippen LogP contribution in [-0.2, 0) is 9.53 Å². The van der Waals surface area contributed by atoms with E-state index in [-0.39, 0.29) is 11.6 Å². The van der Waals surface area contributed by atoms with Crippen LogP contribution in [0.5, 0.6) is 0 Å². The molecule has 26 heavy (non-hydrogen) atoms. The molecule has 2 heterocycles. The molecule has 1 atom stereocenters. The van der Waals surface area contributed by atoms with E-state index in [1.54, 1.807) is 51.4 Å². The van der Waals surface area contributed by atoms with Gasteiger partial charge in [-0.15, -0.1) is 0 Å². The molecule has 1 aromatic carbocycles. The largest absolute Gasteiger partial charge is 0.444 e. The van der Waals surface area contributed by atoms with E-state index in [1.807, 2.05) is 0 Å². The molecule has 0 unspecified atom stereocenters. The first-order chi connectivity index (χ1) is 12.2. The predicted molar refractivity (Wildman–Crippen MR) is 93.6 cm³/mol. The van der Waals surface area contributed by atoms with Gasteiger partial charge < -0.3 is 15.0 Å². The zero-order valence-corrected chi connectivity index (χ0v) is 14.9. The summed E-state index contributed by atoms with van der Waals surface area (Å²) in [5, 5.41) is 6.60. The number of hydrogen-bond acceptors (Lipinski definition) is 4. The Bertz CT molecular complexity index is 814. The number of carbonyl (C=O) groups is 2. The maximum absolute atomic E-state index is 14.5. The molecule has 1 saturated heterocycles. The second kappa shape index (κ2) is 6.78. The van der Waals surface area contributed by atoms with Gasteiger partial charge in [-0.05, 0) is 45.4 Å². The Morgan fingerprint density at radius 3 is 2.77 bits per heavy atom. The fourth-order valence-corrected chi connectivity index (χ4v) is 2.78. The average Bonchev–Trinajstić information content (AvgIpc) is 3.17. The number of nitrogens with one attached hydrogen (secondary N) is 1. The zero-order chi connectivity index (χ0) is 18.9. The van der Waals surface area contributed by atoms with Crippen molar-refractivity contribution in [2.45, 2.75) is 38.8 Å². The first-order valence-corrected chi connectivity index (χ1v) is 8.35. The number of carbonyl (C=O) groups excluding carboxylic acids is 2. The highest BCUT2D eigenvalue weighted by Gasteiger charge is 2.35. The number of amides is 2. The lowest BCUT2D eigenvalue weighted by Gasteiger charge is -2.22. The normalized spacial score (nSPS) is 17.5. The van der Waals surface area contributed by atoms with E-state index in [0.717, 1.165) is 0 Å². The maximum Gasteiger partial charge on any atom is 0.408 e. The van der Waals surface area contributed by atoms with Crippen LogP contribution in [0.2, 0.25) is 0 Å². The van der Waals surface area contributed by atoms with Gasteiger partial charge in [0.05, 0.1) is 11.4 Å². The molecule has 0 spiro atoms. The molecular weight excluding hydrogens is 339 g/mol. The van der Waals surface area contributed by atoms with Crippen molar-refractivity contribution >= 4 is 17.7 Å². The van der Waals surface area contributed by atoms with Gasteiger partial charge in [-0.1, -0.05) is 0 Å². The van der Waals surface area contributed by atoms with Crippen LogP contribution in [0.3, 0.4) is 0 Å². The van der Waals surface area contributed by atoms with E-state index in [1.165, 1.54) is 15.6 Å². The monoisotopic (exact) mass is 360 g/mol. The number of aromatic nitrogens is 2. The molecule has 2 aromatic rings. The highest BCUT2D eigenvalue weighted by atomic mass is 19.1. The number of hydrogen-bond donors (Lipinski definition) is 1. The summed E-state index contributed by atoms with van der Waals surface area (Å²) >= 11 is 0. The molecule has 3 rings (SSSR count). The highest BCUT2D eigenvalue weighted by Crippen LogP contribution is 2.26. The minimum atomic E-state index is -0.727. The van der Waals surface area contributed by atoms with Crippen molar-refractivity contribution < 1.29 is 18.7 Å². The summed E-state index contributed by atoms with van der Waals surface area (Å²) in [5.74, 6) is -0.883. The van der Waals surface area contributed by atoms with Gasteiger partial charge >= 0.3 is 6.09 Å². The van der Waals surface area contributed by atoms with Crippen molar-refractivity contribution in [3.8, 4) is 5.69 Å². The zero-order valence-electron chi connectivity index (χ0n) is 14.9. The van der Waals surface area contributed by atoms with E-state index in [0.29, 0.717) is 18.7 Å². The topological polar surface area (TPSA) is 76.5 Å². The van der Waals surface area contributed by atoms with Crippen LogP contribution in [0.25, 0.3) is 5.69 Å². The Labute approximate surface area is 150 Å². The summed E-state index contributed by atoms with van der Waals surface area (Å²) in [6.45, 7) is 5.54. The summed E-state index contributed by atoms with van der Waals surface area (Å²) in [7, 11) is 0. The van der Waals surface area contributed by atoms with Crippen LogP contribution >= 0.6 is 0 Å². The Morgan fingerprint density at radius 1 is 1.38 bits per heavy atom. The maximum atomic E-state index is 14.5. The van der Waals surface area contributed by atoms with Crippen molar-refractivity contribution in [1.82, 2.24) is 15.1 Å². The Hall–Kier alpha value is -2.90. The Kier molecular flexibility index (Phi) is 4.67. The number of rotatable bonds is 3. The number of alkyl carbamates (subject to hydrolysis) is 1. The van der Waals surface area contributed by atoms with E-state index in [9.17, 15) is 14.0 Å². The molecule has 1 N–H and O–H groups in total. The average molecular weight is 360 g/mol. The van der Waals surface area contributed by atoms with Crippen LogP contribution in [0.15, 0.2) is 36.7 Å². The fraction of sp³-hybridized carbons (Fsp3) is 0.389. The summed E-state index contributed by atoms with van der Waals surface area (Å²) in [6, 6.07) is 5.57. The summed E-state index contributed by atoms with van der Waals surface area (Å²) < 4.78 is 21.2. The Morgan fingerprint density at radius 2 is 2.15 bits per heavy atom. The summed E-state index contributed by atoms with van der Waals surface area (Å²) in [5.41, 5.74) is 0.0885. The number of halogens is 1. The van der Waals surface area contributed by atoms with Gasteiger partial charge in [0.25, 0.3) is 0 Å². The third-order valence-corrected chi connectivity index (χ3v) is 3.89. The first kappa shape index (κ1) is 17.9. The van der Waals surface area contributed by atoms with Crippen LogP contribution in [0.4, 0.5) is 14.9 Å². The molecule has 0 aliphatic carbocycles. The number of ether oxygens (including phenoxy) is 1. The molecule has 8 heteroatoms. The first-order valence-electron chi connectivity index (χ1n) is 8.35. The molecule has 1 fully saturated rings. The van der Waals surface area contributed by atoms with E-state index < -0.39 is 23.6 Å². The molecule has 0 bridgehead atoms. The molecule has 138 valence electrons. The van der Waals surface area contributed by atoms with E-state index in [4.69, 9.17) is 4.74 Å². The third-order valence-electron chi connectivity index (χ3n) is 3.89. The molecule has 1 aliphatic heterocycles. The lowest BCUT2D eigenvalue weighted by Crippen LogP contribution is -2.43. The van der Waals surface area contributed by atoms with Gasteiger partial charge in [-0.25, -0.2) is 13.9 Å². The van der Waals surface area contributed by atoms with Gasteiger partial charge in [0, 0.05) is 25.0 Å². The molecule has 0 radical (unpaired) electrons. The minimum Gasteiger partial charge on any atom is -0.444 e. The highest BCUT2D eigenvalue weighted by molar-refractivity contribution is 6.01. The second-order valence-electron chi connectivity index (χ2n) is 7.06. The fourth-order valence-electron chi connectivity index (χ4n) is 2.78. The van der Waals surface area contributed by atoms with Gasteiger partial charge in [0.15, 0.2) is 0 Å². The van der Waals surface area contributed by atoms with Crippen molar-refractivity contribution in [3.05, 3.63) is 42.5 Å². The third kappa shape index (κ3) is 3.84. The Balaban J connectivity index is 1.71. The van der Waals surface area contributed by atoms with Crippen LogP contribution < -0.4 is 10.2 Å². The van der Waals surface area contributed by atoms with Crippen LogP contribution in [0, 0.1) is 5.82 Å². The van der Waals surface area contributed by atoms with Gasteiger partial charge in [0.1, 0.15) is 17.5 Å². The quantitative estimate of drug-likeness (QED) is 0.913. The molecular formula is C18H21FN4O3. The van der Waals surface area contributed by atoms with E-state index >= 15 is 0 Å². The van der Waals surface area contributed by atoms with Crippen LogP contribution in [-0.4, -0.2) is 40.0 Å². The summed E-state index contributed by atoms with van der Waals surface area (Å²) in [6.07, 6.45) is 3.03. The standard InChI is InChI=1S/C18H21FN4O3/c1-18(2,3)26-17(25)21-14-7-10-22(16(14)24)15-6-5-12(11-13(15)19)23-9-4-8-20-23/h4-6,8-9,11,14H,7,10H2,1-3H3,(H,21,25)/t14-/m0/s1. The SMILES string of the molecule is CC(C)(C)OC(=O)N[C@H]1CCN(c2ccc(-n3cccn3)cc2F)C1=O. The van der Waals surface area contributed by atoms with E-state index in [2.05, 4.69) is 10.4 Å². The molecule has 1 aliphatic rings. The molecule has 7 nitrogen and oxygen atoms in total. The van der Waals surface area contributed by atoms with Crippen molar-refractivity contribution in [2.75, 3.05) is 11.4 Å². The smallest absolute Gasteiger partial charge is 0.408 e. The molecule has 2 amide bonds. The van der Waals surface area contributed by atoms with Crippen molar-refractivity contribution in [3.63, 3.8) is 0 Å². The number of benzene rings is 1. The van der Waals surface area contributed by atoms with Gasteiger partial charge in [-0.2, -0.15) is 5.10 Å². The lowest BCUT2D eigenvalue weighted by atomic mass is 10.2. The van der Waals surface area contributed by atoms with Crippen molar-refractivity contribution in [1.29, 1.82) is 0 Å².